The minimum atomic E-state index is 0.637. The van der Waals surface area contributed by atoms with E-state index < -0.39 is 0 Å². The van der Waals surface area contributed by atoms with Crippen molar-refractivity contribution in [1.29, 1.82) is 0 Å². The van der Waals surface area contributed by atoms with Gasteiger partial charge >= 0.3 is 0 Å². The first-order chi connectivity index (χ1) is 4.34. The van der Waals surface area contributed by atoms with E-state index in [2.05, 4.69) is 0 Å². The Kier molecular flexibility index (Phi) is 1.78. The molecule has 0 aliphatic carbocycles. The fourth-order valence-corrected chi connectivity index (χ4v) is 0.741. The first-order valence-corrected chi connectivity index (χ1v) is 2.90. The predicted octanol–water partition coefficient (Wildman–Crippen LogP) is 1.80. The van der Waals surface area contributed by atoms with Crippen molar-refractivity contribution in [3.05, 3.63) is 23.9 Å². The Morgan fingerprint density at radius 3 is 2.89 bits per heavy atom. The fraction of sp³-hybridized carbons (Fsp3) is 0.429. The van der Waals surface area contributed by atoms with Gasteiger partial charge < -0.3 is 9.47 Å². The summed E-state index contributed by atoms with van der Waals surface area (Å²) in [6.45, 7) is 1.99. The van der Waals surface area contributed by atoms with Gasteiger partial charge in [-0.2, -0.15) is 0 Å². The molecule has 0 spiro atoms. The smallest absolute Gasteiger partial charge is 0.282 e. The van der Waals surface area contributed by atoms with Gasteiger partial charge in [-0.1, -0.05) is 0 Å². The second-order valence-corrected chi connectivity index (χ2v) is 1.97. The van der Waals surface area contributed by atoms with Crippen LogP contribution in [0.2, 0.25) is 0 Å². The van der Waals surface area contributed by atoms with Gasteiger partial charge in [0, 0.05) is 5.57 Å². The molecule has 0 saturated carbocycles. The van der Waals surface area contributed by atoms with Crippen LogP contribution in [0, 0.1) is 0 Å². The molecule has 0 aromatic carbocycles. The van der Waals surface area contributed by atoms with Crippen LogP contribution < -0.4 is 0 Å². The Balaban J connectivity index is 2.64. The predicted molar refractivity (Wildman–Crippen MR) is 34.6 cm³/mol. The summed E-state index contributed by atoms with van der Waals surface area (Å²) in [6.07, 6.45) is 4.53. The lowest BCUT2D eigenvalue weighted by atomic mass is 10.2. The molecule has 0 aromatic rings. The van der Waals surface area contributed by atoms with Crippen LogP contribution in [0.15, 0.2) is 23.9 Å². The van der Waals surface area contributed by atoms with Crippen molar-refractivity contribution in [2.75, 3.05) is 7.11 Å². The maximum absolute atomic E-state index is 5.02. The molecular formula is C7H10O2. The van der Waals surface area contributed by atoms with E-state index in [1.54, 1.807) is 13.4 Å². The molecule has 50 valence electrons. The molecule has 2 nitrogen and oxygen atoms in total. The monoisotopic (exact) mass is 126 g/mol. The highest BCUT2D eigenvalue weighted by molar-refractivity contribution is 5.09. The third-order valence-electron chi connectivity index (χ3n) is 1.23. The minimum absolute atomic E-state index is 0.637. The quantitative estimate of drug-likeness (QED) is 0.533. The molecule has 0 amide bonds. The normalized spacial score (nSPS) is 17.6. The van der Waals surface area contributed by atoms with E-state index in [1.807, 2.05) is 13.0 Å². The molecule has 0 unspecified atom stereocenters. The number of hydrogen-bond acceptors (Lipinski definition) is 2. The Morgan fingerprint density at radius 2 is 2.44 bits per heavy atom. The summed E-state index contributed by atoms with van der Waals surface area (Å²) in [5, 5.41) is 0. The Hall–Kier alpha value is -0.920. The molecule has 0 aromatic heterocycles. The van der Waals surface area contributed by atoms with Gasteiger partial charge in [-0.15, -0.1) is 0 Å². The molecule has 1 aliphatic rings. The van der Waals surface area contributed by atoms with Gasteiger partial charge in [0.15, 0.2) is 0 Å². The van der Waals surface area contributed by atoms with E-state index in [0.717, 1.165) is 12.0 Å². The van der Waals surface area contributed by atoms with E-state index >= 15 is 0 Å². The number of allylic oxidation sites excluding steroid dienone is 2. The maximum atomic E-state index is 5.02. The summed E-state index contributed by atoms with van der Waals surface area (Å²) in [5.74, 6) is 0.637. The lowest BCUT2D eigenvalue weighted by molar-refractivity contribution is 0.111. The Labute approximate surface area is 54.8 Å². The Bertz CT molecular complexity index is 156. The van der Waals surface area contributed by atoms with Crippen LogP contribution in [-0.4, -0.2) is 7.11 Å². The molecular weight excluding hydrogens is 116 g/mol. The van der Waals surface area contributed by atoms with Gasteiger partial charge in [-0.25, -0.2) is 0 Å². The molecule has 0 atom stereocenters. The second kappa shape index (κ2) is 2.58. The zero-order valence-corrected chi connectivity index (χ0v) is 5.68. The van der Waals surface area contributed by atoms with Crippen molar-refractivity contribution < 1.29 is 9.47 Å². The van der Waals surface area contributed by atoms with Crippen LogP contribution in [0.1, 0.15) is 13.3 Å². The van der Waals surface area contributed by atoms with E-state index in [1.165, 1.54) is 0 Å². The summed E-state index contributed by atoms with van der Waals surface area (Å²) in [6, 6.07) is 0. The second-order valence-electron chi connectivity index (χ2n) is 1.97. The lowest BCUT2D eigenvalue weighted by Gasteiger charge is -2.10. The molecule has 1 rings (SSSR count). The minimum Gasteiger partial charge on any atom is -0.469 e. The SMILES string of the molecule is COC1=C(C)CC=CO1. The highest BCUT2D eigenvalue weighted by atomic mass is 16.7. The number of rotatable bonds is 1. The van der Waals surface area contributed by atoms with Crippen molar-refractivity contribution >= 4 is 0 Å². The van der Waals surface area contributed by atoms with E-state index in [4.69, 9.17) is 9.47 Å². The topological polar surface area (TPSA) is 18.5 Å². The van der Waals surface area contributed by atoms with Crippen LogP contribution in [0.3, 0.4) is 0 Å². The molecule has 0 N–H and O–H groups in total. The third kappa shape index (κ3) is 1.25. The zero-order valence-electron chi connectivity index (χ0n) is 5.68. The standard InChI is InChI=1S/C7H10O2/c1-6-4-3-5-9-7(6)8-2/h3,5H,4H2,1-2H3. The zero-order chi connectivity index (χ0) is 6.69. The van der Waals surface area contributed by atoms with Crippen molar-refractivity contribution in [2.45, 2.75) is 13.3 Å². The van der Waals surface area contributed by atoms with Crippen molar-refractivity contribution in [2.24, 2.45) is 0 Å². The van der Waals surface area contributed by atoms with Crippen LogP contribution >= 0.6 is 0 Å². The van der Waals surface area contributed by atoms with Gasteiger partial charge in [-0.05, 0) is 19.4 Å². The molecule has 1 aliphatic heterocycles. The average Bonchev–Trinajstić information content (AvgIpc) is 1.89. The first-order valence-electron chi connectivity index (χ1n) is 2.90. The highest BCUT2D eigenvalue weighted by Gasteiger charge is 2.04. The van der Waals surface area contributed by atoms with E-state index in [9.17, 15) is 0 Å². The van der Waals surface area contributed by atoms with E-state index in [-0.39, 0.29) is 0 Å². The largest absolute Gasteiger partial charge is 0.469 e. The number of methoxy groups -OCH3 is 1. The van der Waals surface area contributed by atoms with Crippen LogP contribution in [0.5, 0.6) is 0 Å². The van der Waals surface area contributed by atoms with Crippen LogP contribution in [-0.2, 0) is 9.47 Å². The number of hydrogen-bond donors (Lipinski definition) is 0. The number of ether oxygens (including phenoxy) is 2. The molecule has 9 heavy (non-hydrogen) atoms. The Morgan fingerprint density at radius 1 is 1.67 bits per heavy atom. The third-order valence-corrected chi connectivity index (χ3v) is 1.23. The summed E-state index contributed by atoms with van der Waals surface area (Å²) in [4.78, 5) is 0. The first kappa shape index (κ1) is 6.20. The molecule has 0 radical (unpaired) electrons. The van der Waals surface area contributed by atoms with Crippen LogP contribution in [0.4, 0.5) is 0 Å². The summed E-state index contributed by atoms with van der Waals surface area (Å²) < 4.78 is 9.93. The van der Waals surface area contributed by atoms with Gasteiger partial charge in [0.05, 0.1) is 13.4 Å². The van der Waals surface area contributed by atoms with Crippen molar-refractivity contribution in [3.63, 3.8) is 0 Å². The molecule has 1 heterocycles. The van der Waals surface area contributed by atoms with Gasteiger partial charge in [0.2, 0.25) is 0 Å². The lowest BCUT2D eigenvalue weighted by Crippen LogP contribution is -1.96. The highest BCUT2D eigenvalue weighted by Crippen LogP contribution is 2.15. The maximum Gasteiger partial charge on any atom is 0.282 e. The molecule has 0 bridgehead atoms. The van der Waals surface area contributed by atoms with E-state index in [0.29, 0.717) is 5.95 Å². The molecule has 0 fully saturated rings. The van der Waals surface area contributed by atoms with Gasteiger partial charge in [0.25, 0.3) is 5.95 Å². The summed E-state index contributed by atoms with van der Waals surface area (Å²) in [7, 11) is 1.61. The van der Waals surface area contributed by atoms with Crippen molar-refractivity contribution in [3.8, 4) is 0 Å². The fourth-order valence-electron chi connectivity index (χ4n) is 0.741. The molecule has 0 saturated heterocycles. The van der Waals surface area contributed by atoms with Gasteiger partial charge in [-0.3, -0.25) is 0 Å². The average molecular weight is 126 g/mol. The summed E-state index contributed by atoms with van der Waals surface area (Å²) in [5.41, 5.74) is 1.14. The van der Waals surface area contributed by atoms with Gasteiger partial charge in [0.1, 0.15) is 0 Å². The summed E-state index contributed by atoms with van der Waals surface area (Å²) >= 11 is 0. The van der Waals surface area contributed by atoms with Crippen molar-refractivity contribution in [1.82, 2.24) is 0 Å². The molecule has 2 heteroatoms. The van der Waals surface area contributed by atoms with Crippen LogP contribution in [0.25, 0.3) is 0 Å².